The molecule has 3 aliphatic rings. The van der Waals surface area contributed by atoms with Crippen LogP contribution in [0.2, 0.25) is 0 Å². The second-order valence-electron chi connectivity index (χ2n) is 7.95. The van der Waals surface area contributed by atoms with Crippen LogP contribution in [-0.4, -0.2) is 54.1 Å². The van der Waals surface area contributed by atoms with E-state index in [1.54, 1.807) is 0 Å². The largest absolute Gasteiger partial charge is 0.393 e. The van der Waals surface area contributed by atoms with Crippen LogP contribution in [0.15, 0.2) is 24.3 Å². The predicted molar refractivity (Wildman–Crippen MR) is 101 cm³/mol. The molecule has 1 saturated carbocycles. The molecule has 1 aromatic rings. The first-order chi connectivity index (χ1) is 13.2. The average Bonchev–Trinajstić information content (AvgIpc) is 3.33. The Bertz CT molecular complexity index is 646. The minimum atomic E-state index is -0.682. The van der Waals surface area contributed by atoms with Crippen LogP contribution in [0.1, 0.15) is 43.2 Å². The van der Waals surface area contributed by atoms with Crippen molar-refractivity contribution in [1.29, 1.82) is 0 Å². The van der Waals surface area contributed by atoms with Gasteiger partial charge in [-0.25, -0.2) is 0 Å². The van der Waals surface area contributed by atoms with E-state index in [1.807, 2.05) is 12.1 Å². The molecule has 148 valence electrons. The summed E-state index contributed by atoms with van der Waals surface area (Å²) in [6.07, 6.45) is 4.11. The van der Waals surface area contributed by atoms with Gasteiger partial charge in [0.15, 0.2) is 5.79 Å². The highest BCUT2D eigenvalue weighted by atomic mass is 16.7. The molecule has 6 heteroatoms. The van der Waals surface area contributed by atoms with Gasteiger partial charge in [0, 0.05) is 32.6 Å². The third-order valence-corrected chi connectivity index (χ3v) is 6.16. The number of amides is 1. The van der Waals surface area contributed by atoms with Crippen molar-refractivity contribution >= 4 is 5.91 Å². The number of hydrogen-bond acceptors (Lipinski definition) is 5. The molecule has 2 saturated heterocycles. The molecule has 1 aromatic carbocycles. The number of aliphatic hydroxyl groups excluding tert-OH is 1. The van der Waals surface area contributed by atoms with Crippen molar-refractivity contribution in [2.45, 2.75) is 57.1 Å². The Morgan fingerprint density at radius 1 is 1.15 bits per heavy atom. The summed E-state index contributed by atoms with van der Waals surface area (Å²) >= 11 is 0. The number of ether oxygens (including phenoxy) is 2. The number of rotatable bonds is 5. The van der Waals surface area contributed by atoms with Crippen molar-refractivity contribution < 1.29 is 19.4 Å². The van der Waals surface area contributed by atoms with E-state index in [-0.39, 0.29) is 17.9 Å². The third kappa shape index (κ3) is 4.19. The summed E-state index contributed by atoms with van der Waals surface area (Å²) < 4.78 is 11.6. The highest BCUT2D eigenvalue weighted by molar-refractivity contribution is 5.80. The zero-order valence-corrected chi connectivity index (χ0v) is 15.9. The topological polar surface area (TPSA) is 71.0 Å². The SMILES string of the molecule is O=C(NCc1ccccc1CN1CCC(O)CC1)[C@H]1CCCC12OCCO2. The number of aliphatic hydroxyl groups is 1. The smallest absolute Gasteiger partial charge is 0.228 e. The van der Waals surface area contributed by atoms with Crippen LogP contribution in [0, 0.1) is 5.92 Å². The lowest BCUT2D eigenvalue weighted by atomic mass is 10.0. The van der Waals surface area contributed by atoms with E-state index in [0.29, 0.717) is 19.8 Å². The van der Waals surface area contributed by atoms with Crippen molar-refractivity contribution in [3.8, 4) is 0 Å². The molecule has 0 aromatic heterocycles. The van der Waals surface area contributed by atoms with Gasteiger partial charge in [0.25, 0.3) is 0 Å². The van der Waals surface area contributed by atoms with E-state index >= 15 is 0 Å². The van der Waals surface area contributed by atoms with Gasteiger partial charge in [0.05, 0.1) is 25.2 Å². The van der Waals surface area contributed by atoms with Crippen LogP contribution >= 0.6 is 0 Å². The zero-order valence-electron chi connectivity index (χ0n) is 15.9. The number of nitrogens with one attached hydrogen (secondary N) is 1. The van der Waals surface area contributed by atoms with Gasteiger partial charge in [0.1, 0.15) is 0 Å². The number of benzene rings is 1. The zero-order chi connectivity index (χ0) is 18.7. The summed E-state index contributed by atoms with van der Waals surface area (Å²) in [7, 11) is 0. The van der Waals surface area contributed by atoms with E-state index in [2.05, 4.69) is 22.3 Å². The fourth-order valence-electron chi connectivity index (χ4n) is 4.60. The lowest BCUT2D eigenvalue weighted by molar-refractivity contribution is -0.186. The molecule has 4 rings (SSSR count). The van der Waals surface area contributed by atoms with Crippen molar-refractivity contribution in [2.75, 3.05) is 26.3 Å². The van der Waals surface area contributed by atoms with Crippen LogP contribution in [0.5, 0.6) is 0 Å². The van der Waals surface area contributed by atoms with E-state index in [1.165, 1.54) is 5.56 Å². The average molecular weight is 374 g/mol. The number of hydrogen-bond donors (Lipinski definition) is 2. The van der Waals surface area contributed by atoms with Crippen LogP contribution in [0.4, 0.5) is 0 Å². The minimum absolute atomic E-state index is 0.0327. The van der Waals surface area contributed by atoms with Crippen molar-refractivity contribution in [2.24, 2.45) is 5.92 Å². The van der Waals surface area contributed by atoms with Gasteiger partial charge in [-0.05, 0) is 36.8 Å². The summed E-state index contributed by atoms with van der Waals surface area (Å²) in [6, 6.07) is 8.28. The van der Waals surface area contributed by atoms with Crippen LogP contribution in [-0.2, 0) is 27.4 Å². The fourth-order valence-corrected chi connectivity index (χ4v) is 4.60. The quantitative estimate of drug-likeness (QED) is 0.822. The standard InChI is InChI=1S/C21H30N2O4/c24-18-7-10-23(11-8-18)15-17-5-2-1-4-16(17)14-22-20(25)19-6-3-9-21(19)26-12-13-27-21/h1-2,4-5,18-19,24H,3,6-15H2,(H,22,25)/t19-/m1/s1. The molecule has 3 fully saturated rings. The van der Waals surface area contributed by atoms with Crippen LogP contribution in [0.3, 0.4) is 0 Å². The molecule has 0 radical (unpaired) electrons. The van der Waals surface area contributed by atoms with Gasteiger partial charge in [-0.3, -0.25) is 9.69 Å². The van der Waals surface area contributed by atoms with Crippen molar-refractivity contribution in [3.05, 3.63) is 35.4 Å². The van der Waals surface area contributed by atoms with E-state index in [0.717, 1.165) is 57.3 Å². The number of carbonyl (C=O) groups is 1. The maximum atomic E-state index is 12.8. The number of carbonyl (C=O) groups excluding carboxylic acids is 1. The van der Waals surface area contributed by atoms with Crippen molar-refractivity contribution in [3.63, 3.8) is 0 Å². The molecule has 1 aliphatic carbocycles. The Labute approximate surface area is 160 Å². The molecule has 27 heavy (non-hydrogen) atoms. The molecular formula is C21H30N2O4. The first-order valence-electron chi connectivity index (χ1n) is 10.2. The highest BCUT2D eigenvalue weighted by Gasteiger charge is 2.51. The molecule has 1 spiro atoms. The normalized spacial score (nSPS) is 25.9. The Hall–Kier alpha value is -1.47. The molecule has 1 atom stereocenters. The van der Waals surface area contributed by atoms with E-state index in [9.17, 15) is 9.90 Å². The molecular weight excluding hydrogens is 344 g/mol. The summed E-state index contributed by atoms with van der Waals surface area (Å²) in [4.78, 5) is 15.2. The molecule has 6 nitrogen and oxygen atoms in total. The Balaban J connectivity index is 1.36. The molecule has 0 bridgehead atoms. The van der Waals surface area contributed by atoms with Gasteiger partial charge < -0.3 is 19.9 Å². The lowest BCUT2D eigenvalue weighted by Gasteiger charge is -2.30. The van der Waals surface area contributed by atoms with Gasteiger partial charge >= 0.3 is 0 Å². The molecule has 2 heterocycles. The van der Waals surface area contributed by atoms with Crippen LogP contribution < -0.4 is 5.32 Å². The minimum Gasteiger partial charge on any atom is -0.393 e. The van der Waals surface area contributed by atoms with Crippen molar-refractivity contribution in [1.82, 2.24) is 10.2 Å². The number of likely N-dealkylation sites (tertiary alicyclic amines) is 1. The Morgan fingerprint density at radius 2 is 1.85 bits per heavy atom. The first-order valence-corrected chi connectivity index (χ1v) is 10.2. The fraction of sp³-hybridized carbons (Fsp3) is 0.667. The Kier molecular flexibility index (Phi) is 5.78. The number of piperidine rings is 1. The molecule has 1 amide bonds. The predicted octanol–water partition coefficient (Wildman–Crippen LogP) is 1.80. The lowest BCUT2D eigenvalue weighted by Crippen LogP contribution is -2.44. The molecule has 0 unspecified atom stereocenters. The second-order valence-corrected chi connectivity index (χ2v) is 7.95. The summed E-state index contributed by atoms with van der Waals surface area (Å²) in [6.45, 7) is 4.38. The molecule has 2 aliphatic heterocycles. The Morgan fingerprint density at radius 3 is 2.59 bits per heavy atom. The summed E-state index contributed by atoms with van der Waals surface area (Å²) in [5.41, 5.74) is 2.39. The number of nitrogens with zero attached hydrogens (tertiary/aromatic N) is 1. The summed E-state index contributed by atoms with van der Waals surface area (Å²) in [5.74, 6) is -0.862. The van der Waals surface area contributed by atoms with E-state index in [4.69, 9.17) is 9.47 Å². The van der Waals surface area contributed by atoms with E-state index < -0.39 is 5.79 Å². The van der Waals surface area contributed by atoms with Gasteiger partial charge in [0.2, 0.25) is 5.91 Å². The van der Waals surface area contributed by atoms with Gasteiger partial charge in [-0.15, -0.1) is 0 Å². The highest BCUT2D eigenvalue weighted by Crippen LogP contribution is 2.42. The van der Waals surface area contributed by atoms with Gasteiger partial charge in [-0.2, -0.15) is 0 Å². The monoisotopic (exact) mass is 374 g/mol. The second kappa shape index (κ2) is 8.27. The maximum absolute atomic E-state index is 12.8. The maximum Gasteiger partial charge on any atom is 0.228 e. The van der Waals surface area contributed by atoms with Crippen LogP contribution in [0.25, 0.3) is 0 Å². The first kappa shape index (κ1) is 18.9. The molecule has 2 N–H and O–H groups in total. The van der Waals surface area contributed by atoms with Gasteiger partial charge in [-0.1, -0.05) is 24.3 Å². The summed E-state index contributed by atoms with van der Waals surface area (Å²) in [5, 5.41) is 12.8. The third-order valence-electron chi connectivity index (χ3n) is 6.16.